The first-order valence-corrected chi connectivity index (χ1v) is 24.1. The van der Waals surface area contributed by atoms with Crippen molar-refractivity contribution < 1.29 is 0 Å². The van der Waals surface area contributed by atoms with Crippen molar-refractivity contribution in [2.75, 3.05) is 0 Å². The van der Waals surface area contributed by atoms with Crippen LogP contribution in [0.4, 0.5) is 0 Å². The predicted molar refractivity (Wildman–Crippen MR) is 246 cm³/mol. The van der Waals surface area contributed by atoms with Crippen LogP contribution in [-0.2, 0) is 38.5 Å². The highest BCUT2D eigenvalue weighted by Gasteiger charge is 2.18. The van der Waals surface area contributed by atoms with Crippen LogP contribution in [0.15, 0.2) is 36.4 Å². The highest BCUT2D eigenvalue weighted by atomic mass is 14.2. The predicted octanol–water partition coefficient (Wildman–Crippen LogP) is 17.9. The summed E-state index contributed by atoms with van der Waals surface area (Å²) < 4.78 is 0. The van der Waals surface area contributed by atoms with Crippen molar-refractivity contribution in [2.24, 2.45) is 0 Å². The molecule has 0 bridgehead atoms. The van der Waals surface area contributed by atoms with Crippen molar-refractivity contribution in [1.29, 1.82) is 0 Å². The van der Waals surface area contributed by atoms with Crippen LogP contribution in [0, 0.1) is 0 Å². The van der Waals surface area contributed by atoms with E-state index in [1.165, 1.54) is 193 Å². The van der Waals surface area contributed by atoms with Gasteiger partial charge < -0.3 is 0 Å². The fourth-order valence-corrected chi connectivity index (χ4v) is 9.25. The largest absolute Gasteiger partial charge is 0.0654 e. The van der Waals surface area contributed by atoms with Crippen molar-refractivity contribution in [3.63, 3.8) is 0 Å². The molecule has 0 aliphatic rings. The average molecular weight is 733 g/mol. The fourth-order valence-electron chi connectivity index (χ4n) is 9.25. The Morgan fingerprint density at radius 2 is 0.352 bits per heavy atom. The van der Waals surface area contributed by atoms with Crippen LogP contribution in [0.3, 0.4) is 0 Å². The Hall–Kier alpha value is -2.34. The van der Waals surface area contributed by atoms with Gasteiger partial charge in [0, 0.05) is 0 Å². The maximum Gasteiger partial charge on any atom is -0.00959 e. The fraction of sp³-hybridized carbons (Fsp3) is 0.667. The average Bonchev–Trinajstić information content (AvgIpc) is 3.19. The number of unbranched alkanes of at least 4 members (excludes halogenated alkanes) is 18. The van der Waals surface area contributed by atoms with Gasteiger partial charge in [0.25, 0.3) is 0 Å². The quantitative estimate of drug-likeness (QED) is 0.0370. The molecule has 0 atom stereocenters. The smallest absolute Gasteiger partial charge is 0.00959 e. The summed E-state index contributed by atoms with van der Waals surface area (Å²) in [6.07, 6.45) is 39.4. The summed E-state index contributed by atoms with van der Waals surface area (Å²) in [6, 6.07) is 16.3. The summed E-state index contributed by atoms with van der Waals surface area (Å²) in [4.78, 5) is 0. The van der Waals surface area contributed by atoms with E-state index in [0.717, 1.165) is 0 Å². The van der Waals surface area contributed by atoms with Gasteiger partial charge in [-0.2, -0.15) is 0 Å². The molecule has 4 aromatic carbocycles. The number of fused-ring (bicyclic) bond motifs is 6. The van der Waals surface area contributed by atoms with E-state index in [0.29, 0.717) is 0 Å². The van der Waals surface area contributed by atoms with Crippen LogP contribution in [-0.4, -0.2) is 0 Å². The third-order valence-electron chi connectivity index (χ3n) is 12.7. The number of hydrogen-bond donors (Lipinski definition) is 0. The molecule has 0 unspecified atom stereocenters. The van der Waals surface area contributed by atoms with Gasteiger partial charge in [-0.05, 0) is 143 Å². The van der Waals surface area contributed by atoms with Gasteiger partial charge in [0.15, 0.2) is 0 Å². The van der Waals surface area contributed by atoms with E-state index in [1.807, 2.05) is 0 Å². The topological polar surface area (TPSA) is 0 Å². The lowest BCUT2D eigenvalue weighted by atomic mass is 9.84. The van der Waals surface area contributed by atoms with Crippen LogP contribution < -0.4 is 0 Å². The minimum atomic E-state index is 1.23. The lowest BCUT2D eigenvalue weighted by Crippen LogP contribution is -2.01. The monoisotopic (exact) mass is 733 g/mol. The molecule has 4 rings (SSSR count). The first-order valence-electron chi connectivity index (χ1n) is 24.1. The zero-order chi connectivity index (χ0) is 38.4. The van der Waals surface area contributed by atoms with E-state index in [-0.39, 0.29) is 0 Å². The lowest BCUT2D eigenvalue weighted by molar-refractivity contribution is 0.651. The molecule has 0 fully saturated rings. The SMILES string of the molecule is CCCCCCc1cc2c3cc(CCCCCC)c(CCCCCC)cc3c3cc(CCCCCC)c(CCCCCC)cc3c2cc1CCCCCC. The van der Waals surface area contributed by atoms with E-state index in [1.54, 1.807) is 65.7 Å². The molecular formula is C54H84. The van der Waals surface area contributed by atoms with Gasteiger partial charge in [0.1, 0.15) is 0 Å². The normalized spacial score (nSPS) is 11.9. The molecular weight excluding hydrogens is 649 g/mol. The molecule has 4 aromatic rings. The summed E-state index contributed by atoms with van der Waals surface area (Å²) in [5.74, 6) is 0. The Kier molecular flexibility index (Phi) is 21.2. The maximum atomic E-state index is 2.72. The van der Waals surface area contributed by atoms with Crippen molar-refractivity contribution in [3.8, 4) is 0 Å². The zero-order valence-corrected chi connectivity index (χ0v) is 36.7. The van der Waals surface area contributed by atoms with Crippen molar-refractivity contribution in [2.45, 2.75) is 234 Å². The van der Waals surface area contributed by atoms with Gasteiger partial charge in [-0.25, -0.2) is 0 Å². The van der Waals surface area contributed by atoms with Gasteiger partial charge in [-0.3, -0.25) is 0 Å². The van der Waals surface area contributed by atoms with E-state index in [4.69, 9.17) is 0 Å². The Balaban J connectivity index is 2.00. The zero-order valence-electron chi connectivity index (χ0n) is 36.7. The standard InChI is InChI=1S/C54H84/c1-7-13-19-25-31-43-37-49-50(38-44(43)32-26-20-14-8-2)52-40-46(34-28-22-16-10-4)48(36-30-24-18-12-6)42-54(52)53-41-47(35-29-23-17-11-5)45(39-51(49)53)33-27-21-15-9-3/h37-42H,7-36H2,1-6H3. The molecule has 0 saturated carbocycles. The molecule has 0 heterocycles. The highest BCUT2D eigenvalue weighted by Crippen LogP contribution is 2.41. The Labute approximate surface area is 335 Å². The minimum Gasteiger partial charge on any atom is -0.0654 e. The second-order valence-corrected chi connectivity index (χ2v) is 17.4. The maximum absolute atomic E-state index is 2.72. The molecule has 0 aliphatic carbocycles. The molecule has 0 aromatic heterocycles. The second-order valence-electron chi connectivity index (χ2n) is 17.4. The van der Waals surface area contributed by atoms with Crippen LogP contribution >= 0.6 is 0 Å². The van der Waals surface area contributed by atoms with Crippen LogP contribution in [0.25, 0.3) is 32.3 Å². The Morgan fingerprint density at radius 1 is 0.204 bits per heavy atom. The molecule has 0 aliphatic heterocycles. The first-order chi connectivity index (χ1) is 26.6. The molecule has 0 radical (unpaired) electrons. The van der Waals surface area contributed by atoms with Gasteiger partial charge >= 0.3 is 0 Å². The van der Waals surface area contributed by atoms with E-state index in [2.05, 4.69) is 77.9 Å². The second kappa shape index (κ2) is 25.7. The highest BCUT2D eigenvalue weighted by molar-refractivity contribution is 6.26. The van der Waals surface area contributed by atoms with E-state index >= 15 is 0 Å². The summed E-state index contributed by atoms with van der Waals surface area (Å²) in [5.41, 5.74) is 9.90. The molecule has 0 saturated heterocycles. The summed E-state index contributed by atoms with van der Waals surface area (Å²) in [5, 5.41) is 9.25. The molecule has 0 N–H and O–H groups in total. The Morgan fingerprint density at radius 3 is 0.481 bits per heavy atom. The lowest BCUT2D eigenvalue weighted by Gasteiger charge is -2.21. The molecule has 300 valence electrons. The van der Waals surface area contributed by atoms with Crippen molar-refractivity contribution in [1.82, 2.24) is 0 Å². The Bertz CT molecular complexity index is 1290. The molecule has 54 heavy (non-hydrogen) atoms. The summed E-state index contributed by atoms with van der Waals surface area (Å²) in [7, 11) is 0. The summed E-state index contributed by atoms with van der Waals surface area (Å²) >= 11 is 0. The van der Waals surface area contributed by atoms with Gasteiger partial charge in [0.05, 0.1) is 0 Å². The third-order valence-corrected chi connectivity index (χ3v) is 12.7. The number of rotatable bonds is 30. The van der Waals surface area contributed by atoms with Crippen LogP contribution in [0.2, 0.25) is 0 Å². The van der Waals surface area contributed by atoms with E-state index < -0.39 is 0 Å². The molecule has 0 heteroatoms. The molecule has 0 spiro atoms. The molecule has 0 nitrogen and oxygen atoms in total. The van der Waals surface area contributed by atoms with Gasteiger partial charge in [-0.1, -0.05) is 194 Å². The number of aryl methyl sites for hydroxylation is 6. The third kappa shape index (κ3) is 13.4. The minimum absolute atomic E-state index is 1.23. The number of hydrogen-bond acceptors (Lipinski definition) is 0. The van der Waals surface area contributed by atoms with Gasteiger partial charge in [-0.15, -0.1) is 0 Å². The first kappa shape index (κ1) is 44.4. The number of benzene rings is 4. The van der Waals surface area contributed by atoms with Gasteiger partial charge in [0.2, 0.25) is 0 Å². The van der Waals surface area contributed by atoms with Crippen molar-refractivity contribution in [3.05, 3.63) is 69.8 Å². The molecule has 0 amide bonds. The van der Waals surface area contributed by atoms with Crippen LogP contribution in [0.1, 0.15) is 229 Å². The van der Waals surface area contributed by atoms with Crippen LogP contribution in [0.5, 0.6) is 0 Å². The van der Waals surface area contributed by atoms with Crippen molar-refractivity contribution >= 4 is 32.3 Å². The summed E-state index contributed by atoms with van der Waals surface area (Å²) in [6.45, 7) is 14.1. The van der Waals surface area contributed by atoms with E-state index in [9.17, 15) is 0 Å².